The number of nitrogens with zero attached hydrogens (tertiary/aromatic N) is 2. The maximum atomic E-state index is 12.5. The van der Waals surface area contributed by atoms with Gasteiger partial charge in [-0.15, -0.1) is 0 Å². The van der Waals surface area contributed by atoms with Gasteiger partial charge in [-0.05, 0) is 24.6 Å². The van der Waals surface area contributed by atoms with Crippen LogP contribution in [0, 0.1) is 0 Å². The Balaban J connectivity index is 1.71. The number of amides is 1. The minimum atomic E-state index is -0.323. The molecule has 2 heterocycles. The van der Waals surface area contributed by atoms with E-state index >= 15 is 0 Å². The second-order valence-corrected chi connectivity index (χ2v) is 5.46. The van der Waals surface area contributed by atoms with Gasteiger partial charge in [0.1, 0.15) is 11.6 Å². The third-order valence-electron chi connectivity index (χ3n) is 4.19. The number of fused-ring (bicyclic) bond motifs is 3. The summed E-state index contributed by atoms with van der Waals surface area (Å²) in [6.07, 6.45) is 0.538. The van der Waals surface area contributed by atoms with Crippen LogP contribution in [0.4, 0.5) is 10.6 Å². The minimum Gasteiger partial charge on any atom is -0.410 e. The second kappa shape index (κ2) is 4.91. The Morgan fingerprint density at radius 2 is 1.77 bits per heavy atom. The monoisotopic (exact) mass is 292 g/mol. The fourth-order valence-electron chi connectivity index (χ4n) is 3.20. The van der Waals surface area contributed by atoms with E-state index in [1.165, 1.54) is 10.9 Å². The van der Waals surface area contributed by atoms with E-state index in [0.717, 1.165) is 17.8 Å². The summed E-state index contributed by atoms with van der Waals surface area (Å²) in [5, 5.41) is 1.22. The normalized spacial score (nSPS) is 13.4. The quantitative estimate of drug-likeness (QED) is 0.684. The zero-order valence-corrected chi connectivity index (χ0v) is 12.3. The van der Waals surface area contributed by atoms with Gasteiger partial charge in [-0.1, -0.05) is 36.4 Å². The smallest absolute Gasteiger partial charge is 0.410 e. The van der Waals surface area contributed by atoms with Crippen molar-refractivity contribution in [2.24, 2.45) is 7.05 Å². The molecule has 0 bridgehead atoms. The molecule has 0 saturated heterocycles. The SMILES string of the molecule is Cn1c2c(c3ccccc31)CCN2C(=O)Oc1ccccc1. The molecule has 2 aromatic carbocycles. The lowest BCUT2D eigenvalue weighted by Crippen LogP contribution is -2.33. The molecule has 0 N–H and O–H groups in total. The van der Waals surface area contributed by atoms with Crippen molar-refractivity contribution in [3.8, 4) is 5.75 Å². The second-order valence-electron chi connectivity index (χ2n) is 5.46. The van der Waals surface area contributed by atoms with E-state index in [-0.39, 0.29) is 6.09 Å². The summed E-state index contributed by atoms with van der Waals surface area (Å²) in [4.78, 5) is 14.2. The van der Waals surface area contributed by atoms with Crippen molar-refractivity contribution in [1.29, 1.82) is 0 Å². The largest absolute Gasteiger partial charge is 0.420 e. The number of ether oxygens (including phenoxy) is 1. The van der Waals surface area contributed by atoms with Crippen LogP contribution in [0.5, 0.6) is 5.75 Å². The molecule has 0 saturated carbocycles. The van der Waals surface area contributed by atoms with Crippen LogP contribution in [-0.4, -0.2) is 17.2 Å². The summed E-state index contributed by atoms with van der Waals surface area (Å²) in [6.45, 7) is 0.662. The van der Waals surface area contributed by atoms with Gasteiger partial charge in [-0.25, -0.2) is 4.79 Å². The molecule has 0 fully saturated rings. The maximum Gasteiger partial charge on any atom is 0.420 e. The Morgan fingerprint density at radius 1 is 1.05 bits per heavy atom. The number of carbonyl (C=O) groups is 1. The molecule has 0 atom stereocenters. The van der Waals surface area contributed by atoms with Crippen LogP contribution in [-0.2, 0) is 13.5 Å². The zero-order chi connectivity index (χ0) is 15.1. The molecule has 0 radical (unpaired) electrons. The summed E-state index contributed by atoms with van der Waals surface area (Å²) in [7, 11) is 2.00. The number of anilines is 1. The van der Waals surface area contributed by atoms with Gasteiger partial charge in [0.15, 0.2) is 0 Å². The maximum absolute atomic E-state index is 12.5. The molecule has 1 aromatic heterocycles. The molecule has 110 valence electrons. The number of aryl methyl sites for hydroxylation is 1. The average molecular weight is 292 g/mol. The zero-order valence-electron chi connectivity index (χ0n) is 12.3. The molecule has 0 aliphatic carbocycles. The number of para-hydroxylation sites is 2. The fourth-order valence-corrected chi connectivity index (χ4v) is 3.20. The van der Waals surface area contributed by atoms with Crippen molar-refractivity contribution in [3.63, 3.8) is 0 Å². The van der Waals surface area contributed by atoms with E-state index in [0.29, 0.717) is 12.3 Å². The van der Waals surface area contributed by atoms with E-state index < -0.39 is 0 Å². The first-order chi connectivity index (χ1) is 10.8. The molecule has 1 aliphatic rings. The first-order valence-electron chi connectivity index (χ1n) is 7.36. The summed E-state index contributed by atoms with van der Waals surface area (Å²) < 4.78 is 7.55. The van der Waals surface area contributed by atoms with E-state index in [2.05, 4.69) is 16.7 Å². The van der Waals surface area contributed by atoms with Crippen LogP contribution in [0.15, 0.2) is 54.6 Å². The van der Waals surface area contributed by atoms with E-state index in [4.69, 9.17) is 4.74 Å². The Labute approximate surface area is 128 Å². The van der Waals surface area contributed by atoms with Gasteiger partial charge in [-0.2, -0.15) is 0 Å². The third-order valence-corrected chi connectivity index (χ3v) is 4.19. The molecular weight excluding hydrogens is 276 g/mol. The number of aromatic nitrogens is 1. The van der Waals surface area contributed by atoms with Crippen LogP contribution in [0.1, 0.15) is 5.56 Å². The van der Waals surface area contributed by atoms with Crippen LogP contribution >= 0.6 is 0 Å². The molecular formula is C18H16N2O2. The molecule has 1 amide bonds. The number of hydrogen-bond acceptors (Lipinski definition) is 2. The lowest BCUT2D eigenvalue weighted by atomic mass is 10.1. The molecule has 22 heavy (non-hydrogen) atoms. The van der Waals surface area contributed by atoms with Crippen LogP contribution < -0.4 is 9.64 Å². The van der Waals surface area contributed by atoms with Gasteiger partial charge >= 0.3 is 6.09 Å². The van der Waals surface area contributed by atoms with Gasteiger partial charge in [0.05, 0.1) is 0 Å². The summed E-state index contributed by atoms with van der Waals surface area (Å²) in [6, 6.07) is 17.4. The molecule has 1 aliphatic heterocycles. The van der Waals surface area contributed by atoms with Crippen molar-refractivity contribution in [2.45, 2.75) is 6.42 Å². The van der Waals surface area contributed by atoms with Gasteiger partial charge in [0.2, 0.25) is 0 Å². The summed E-state index contributed by atoms with van der Waals surface area (Å²) in [5.74, 6) is 1.52. The van der Waals surface area contributed by atoms with E-state index in [9.17, 15) is 4.79 Å². The Bertz CT molecular complexity index is 852. The fraction of sp³-hybridized carbons (Fsp3) is 0.167. The van der Waals surface area contributed by atoms with Crippen LogP contribution in [0.2, 0.25) is 0 Å². The first kappa shape index (κ1) is 13.0. The Kier molecular flexibility index (Phi) is 2.89. The lowest BCUT2D eigenvalue weighted by Gasteiger charge is -2.18. The van der Waals surface area contributed by atoms with Gasteiger partial charge in [0, 0.05) is 30.1 Å². The third kappa shape index (κ3) is 1.88. The summed E-state index contributed by atoms with van der Waals surface area (Å²) in [5.41, 5.74) is 2.37. The van der Waals surface area contributed by atoms with Crippen molar-refractivity contribution in [1.82, 2.24) is 4.57 Å². The van der Waals surface area contributed by atoms with Crippen molar-refractivity contribution in [3.05, 3.63) is 60.2 Å². The van der Waals surface area contributed by atoms with Crippen molar-refractivity contribution >= 4 is 22.8 Å². The number of hydrogen-bond donors (Lipinski definition) is 0. The topological polar surface area (TPSA) is 34.5 Å². The number of benzene rings is 2. The predicted molar refractivity (Wildman–Crippen MR) is 86.4 cm³/mol. The van der Waals surface area contributed by atoms with Crippen LogP contribution in [0.25, 0.3) is 10.9 Å². The highest BCUT2D eigenvalue weighted by atomic mass is 16.6. The predicted octanol–water partition coefficient (Wildman–Crippen LogP) is 3.74. The Morgan fingerprint density at radius 3 is 2.59 bits per heavy atom. The van der Waals surface area contributed by atoms with Crippen molar-refractivity contribution in [2.75, 3.05) is 11.4 Å². The van der Waals surface area contributed by atoms with Gasteiger partial charge in [-0.3, -0.25) is 4.90 Å². The minimum absolute atomic E-state index is 0.323. The first-order valence-corrected chi connectivity index (χ1v) is 7.36. The Hall–Kier alpha value is -2.75. The van der Waals surface area contributed by atoms with Crippen LogP contribution in [0.3, 0.4) is 0 Å². The van der Waals surface area contributed by atoms with E-state index in [1.807, 2.05) is 37.4 Å². The molecule has 3 aromatic rings. The average Bonchev–Trinajstić information content (AvgIpc) is 3.10. The van der Waals surface area contributed by atoms with Crippen molar-refractivity contribution < 1.29 is 9.53 Å². The molecule has 4 heteroatoms. The highest BCUT2D eigenvalue weighted by Crippen LogP contribution is 2.37. The molecule has 0 spiro atoms. The number of rotatable bonds is 1. The molecule has 4 nitrogen and oxygen atoms in total. The summed E-state index contributed by atoms with van der Waals surface area (Å²) >= 11 is 0. The highest BCUT2D eigenvalue weighted by Gasteiger charge is 2.31. The van der Waals surface area contributed by atoms with Gasteiger partial charge < -0.3 is 9.30 Å². The molecule has 0 unspecified atom stereocenters. The standard InChI is InChI=1S/C18H16N2O2/c1-19-16-10-6-5-9-14(16)15-11-12-20(17(15)19)18(21)22-13-7-3-2-4-8-13/h2-10H,11-12H2,1H3. The van der Waals surface area contributed by atoms with Gasteiger partial charge in [0.25, 0.3) is 0 Å². The lowest BCUT2D eigenvalue weighted by molar-refractivity contribution is 0.208. The number of carbonyl (C=O) groups excluding carboxylic acids is 1. The van der Waals surface area contributed by atoms with E-state index in [1.54, 1.807) is 17.0 Å². The highest BCUT2D eigenvalue weighted by molar-refractivity contribution is 5.99. The molecule has 4 rings (SSSR count).